The fourth-order valence-electron chi connectivity index (χ4n) is 1.56. The lowest BCUT2D eigenvalue weighted by molar-refractivity contribution is -0.137. The molecule has 1 N–H and O–H groups in total. The summed E-state index contributed by atoms with van der Waals surface area (Å²) in [6.45, 7) is 1.97. The summed E-state index contributed by atoms with van der Waals surface area (Å²) in [5.74, 6) is 0. The molecule has 0 aliphatic carbocycles. The van der Waals surface area contributed by atoms with Gasteiger partial charge in [-0.2, -0.15) is 13.2 Å². The molecule has 1 atom stereocenters. The first kappa shape index (κ1) is 15.3. The Morgan fingerprint density at radius 1 is 1.39 bits per heavy atom. The molecule has 0 aliphatic heterocycles. The summed E-state index contributed by atoms with van der Waals surface area (Å²) < 4.78 is 39.1. The van der Waals surface area contributed by atoms with E-state index in [1.807, 2.05) is 0 Å². The van der Waals surface area contributed by atoms with E-state index in [9.17, 15) is 18.3 Å². The first-order chi connectivity index (χ1) is 8.21. The highest BCUT2D eigenvalue weighted by molar-refractivity contribution is 9.10. The quantitative estimate of drug-likeness (QED) is 0.912. The summed E-state index contributed by atoms with van der Waals surface area (Å²) >= 11 is 3.17. The van der Waals surface area contributed by atoms with Gasteiger partial charge in [0, 0.05) is 23.8 Å². The van der Waals surface area contributed by atoms with Gasteiger partial charge in [0.2, 0.25) is 0 Å². The third kappa shape index (κ3) is 4.17. The second-order valence-electron chi connectivity index (χ2n) is 4.22. The van der Waals surface area contributed by atoms with Crippen LogP contribution >= 0.6 is 15.9 Å². The molecule has 18 heavy (non-hydrogen) atoms. The van der Waals surface area contributed by atoms with Crippen LogP contribution in [0.5, 0.6) is 0 Å². The standard InChI is InChI=1S/C12H15BrF3NO/c1-8(18)5-6-17(2)11-7-9(13)3-4-10(11)12(14,15)16/h3-4,7-8,18H,5-6H2,1-2H3. The van der Waals surface area contributed by atoms with Crippen LogP contribution < -0.4 is 4.90 Å². The van der Waals surface area contributed by atoms with Crippen LogP contribution in [0.4, 0.5) is 18.9 Å². The lowest BCUT2D eigenvalue weighted by Crippen LogP contribution is -2.24. The van der Waals surface area contributed by atoms with Crippen molar-refractivity contribution in [1.29, 1.82) is 0 Å². The van der Waals surface area contributed by atoms with Crippen LogP contribution in [0.1, 0.15) is 18.9 Å². The molecule has 0 saturated heterocycles. The lowest BCUT2D eigenvalue weighted by atomic mass is 10.1. The van der Waals surface area contributed by atoms with Crippen LogP contribution in [0.3, 0.4) is 0 Å². The molecule has 1 aromatic rings. The minimum atomic E-state index is -4.38. The number of aliphatic hydroxyl groups excluding tert-OH is 1. The van der Waals surface area contributed by atoms with E-state index in [-0.39, 0.29) is 5.69 Å². The molecule has 0 heterocycles. The first-order valence-corrected chi connectivity index (χ1v) is 6.27. The highest BCUT2D eigenvalue weighted by Crippen LogP contribution is 2.37. The van der Waals surface area contributed by atoms with Gasteiger partial charge in [-0.25, -0.2) is 0 Å². The molecular weight excluding hydrogens is 311 g/mol. The van der Waals surface area contributed by atoms with Crippen molar-refractivity contribution in [2.45, 2.75) is 25.6 Å². The molecule has 6 heteroatoms. The molecule has 0 aliphatic rings. The number of aliphatic hydroxyl groups is 1. The zero-order valence-corrected chi connectivity index (χ0v) is 11.7. The molecule has 102 valence electrons. The van der Waals surface area contributed by atoms with Crippen LogP contribution in [0.25, 0.3) is 0 Å². The van der Waals surface area contributed by atoms with Crippen molar-refractivity contribution in [3.05, 3.63) is 28.2 Å². The fourth-order valence-corrected chi connectivity index (χ4v) is 1.91. The summed E-state index contributed by atoms with van der Waals surface area (Å²) in [7, 11) is 1.58. The highest BCUT2D eigenvalue weighted by Gasteiger charge is 2.34. The van der Waals surface area contributed by atoms with Gasteiger partial charge in [0.1, 0.15) is 0 Å². The van der Waals surface area contributed by atoms with Crippen molar-refractivity contribution in [3.8, 4) is 0 Å². The summed E-state index contributed by atoms with van der Waals surface area (Å²) in [6.07, 6.45) is -4.50. The number of hydrogen-bond acceptors (Lipinski definition) is 2. The summed E-state index contributed by atoms with van der Waals surface area (Å²) in [5, 5.41) is 9.17. The molecule has 0 spiro atoms. The van der Waals surface area contributed by atoms with Crippen molar-refractivity contribution in [2.24, 2.45) is 0 Å². The molecule has 0 fully saturated rings. The van der Waals surface area contributed by atoms with Gasteiger partial charge in [-0.05, 0) is 31.5 Å². The van der Waals surface area contributed by atoms with Gasteiger partial charge in [-0.3, -0.25) is 0 Å². The van der Waals surface area contributed by atoms with Crippen molar-refractivity contribution < 1.29 is 18.3 Å². The molecule has 0 aromatic heterocycles. The number of rotatable bonds is 4. The topological polar surface area (TPSA) is 23.5 Å². The molecule has 0 bridgehead atoms. The number of anilines is 1. The Kier molecular flexibility index (Phi) is 5.04. The van der Waals surface area contributed by atoms with Crippen molar-refractivity contribution in [2.75, 3.05) is 18.5 Å². The number of hydrogen-bond donors (Lipinski definition) is 1. The summed E-state index contributed by atoms with van der Waals surface area (Å²) in [5.41, 5.74) is -0.559. The van der Waals surface area contributed by atoms with Gasteiger partial charge in [0.05, 0.1) is 11.7 Å². The van der Waals surface area contributed by atoms with E-state index in [2.05, 4.69) is 15.9 Å². The van der Waals surface area contributed by atoms with Gasteiger partial charge in [-0.1, -0.05) is 15.9 Å². The van der Waals surface area contributed by atoms with Crippen LogP contribution in [0.15, 0.2) is 22.7 Å². The maximum Gasteiger partial charge on any atom is 0.418 e. The molecule has 0 amide bonds. The van der Waals surface area contributed by atoms with E-state index < -0.39 is 17.8 Å². The SMILES string of the molecule is CC(O)CCN(C)c1cc(Br)ccc1C(F)(F)F. The van der Waals surface area contributed by atoms with Crippen molar-refractivity contribution >= 4 is 21.6 Å². The average Bonchev–Trinajstić information content (AvgIpc) is 2.23. The fraction of sp³-hybridized carbons (Fsp3) is 0.500. The van der Waals surface area contributed by atoms with E-state index in [1.54, 1.807) is 14.0 Å². The Morgan fingerprint density at radius 2 is 2.00 bits per heavy atom. The van der Waals surface area contributed by atoms with E-state index in [0.717, 1.165) is 6.07 Å². The Bertz CT molecular complexity index is 407. The van der Waals surface area contributed by atoms with Gasteiger partial charge in [0.25, 0.3) is 0 Å². The normalized spacial score (nSPS) is 13.5. The third-order valence-corrected chi connectivity index (χ3v) is 3.05. The second-order valence-corrected chi connectivity index (χ2v) is 5.13. The maximum atomic E-state index is 12.8. The molecule has 0 saturated carbocycles. The van der Waals surface area contributed by atoms with Crippen LogP contribution in [0, 0.1) is 0 Å². The minimum absolute atomic E-state index is 0.109. The zero-order valence-electron chi connectivity index (χ0n) is 10.1. The van der Waals surface area contributed by atoms with Crippen LogP contribution in [-0.4, -0.2) is 24.8 Å². The summed E-state index contributed by atoms with van der Waals surface area (Å²) in [4.78, 5) is 1.50. The molecule has 0 radical (unpaired) electrons. The molecule has 1 rings (SSSR count). The number of nitrogens with zero attached hydrogens (tertiary/aromatic N) is 1. The van der Waals surface area contributed by atoms with E-state index in [0.29, 0.717) is 17.4 Å². The van der Waals surface area contributed by atoms with Crippen LogP contribution in [-0.2, 0) is 6.18 Å². The van der Waals surface area contributed by atoms with E-state index in [4.69, 9.17) is 0 Å². The Hall–Kier alpha value is -0.750. The molecule has 1 aromatic carbocycles. The van der Waals surface area contributed by atoms with Gasteiger partial charge in [-0.15, -0.1) is 0 Å². The second kappa shape index (κ2) is 5.93. The van der Waals surface area contributed by atoms with Crippen LogP contribution in [0.2, 0.25) is 0 Å². The zero-order chi connectivity index (χ0) is 13.9. The van der Waals surface area contributed by atoms with Gasteiger partial charge in [0.15, 0.2) is 0 Å². The predicted octanol–water partition coefficient (Wildman–Crippen LogP) is 3.68. The Labute approximate surface area is 113 Å². The monoisotopic (exact) mass is 325 g/mol. The summed E-state index contributed by atoms with van der Waals surface area (Å²) in [6, 6.07) is 3.86. The lowest BCUT2D eigenvalue weighted by Gasteiger charge is -2.24. The minimum Gasteiger partial charge on any atom is -0.393 e. The maximum absolute atomic E-state index is 12.8. The number of halogens is 4. The number of benzene rings is 1. The van der Waals surface area contributed by atoms with E-state index >= 15 is 0 Å². The predicted molar refractivity (Wildman–Crippen MR) is 68.7 cm³/mol. The molecule has 1 unspecified atom stereocenters. The number of alkyl halides is 3. The van der Waals surface area contributed by atoms with Gasteiger partial charge < -0.3 is 10.0 Å². The third-order valence-electron chi connectivity index (χ3n) is 2.56. The smallest absolute Gasteiger partial charge is 0.393 e. The Morgan fingerprint density at radius 3 is 2.50 bits per heavy atom. The molecular formula is C12H15BrF3NO. The van der Waals surface area contributed by atoms with Gasteiger partial charge >= 0.3 is 6.18 Å². The highest BCUT2D eigenvalue weighted by atomic mass is 79.9. The largest absolute Gasteiger partial charge is 0.418 e. The van der Waals surface area contributed by atoms with Crippen molar-refractivity contribution in [1.82, 2.24) is 0 Å². The molecule has 2 nitrogen and oxygen atoms in total. The first-order valence-electron chi connectivity index (χ1n) is 5.47. The van der Waals surface area contributed by atoms with Crippen molar-refractivity contribution in [3.63, 3.8) is 0 Å². The van der Waals surface area contributed by atoms with E-state index in [1.165, 1.54) is 17.0 Å². The Balaban J connectivity index is 3.02. The average molecular weight is 326 g/mol.